The topological polar surface area (TPSA) is 66.4 Å². The van der Waals surface area contributed by atoms with E-state index in [-0.39, 0.29) is 0 Å². The fourth-order valence-electron chi connectivity index (χ4n) is 0.802. The van der Waals surface area contributed by atoms with Crippen molar-refractivity contribution in [3.05, 3.63) is 6.92 Å². The standard InChI is InChI=1S/C5H11N.C2H5.CHF3O3S.BrH.Zn/c1-2-4-6-5-3-1;1-2;2-1(3,4)8(5,6)7;;/h6H,1-5H2;1H2,2H3;(H,5,6,7);1H;/q;-1;;;+2/p-1. The summed E-state index contributed by atoms with van der Waals surface area (Å²) in [6, 6.07) is 0. The number of hydrogen-bond donors (Lipinski definition) is 2. The van der Waals surface area contributed by atoms with E-state index in [1.54, 1.807) is 6.92 Å². The van der Waals surface area contributed by atoms with Crippen LogP contribution < -0.4 is 5.32 Å². The van der Waals surface area contributed by atoms with Gasteiger partial charge in [-0.2, -0.15) is 28.5 Å². The van der Waals surface area contributed by atoms with E-state index in [9.17, 15) is 13.2 Å². The minimum absolute atomic E-state index is 1.19. The molecule has 0 aromatic rings. The molecule has 1 rings (SSSR count). The van der Waals surface area contributed by atoms with E-state index in [4.69, 9.17) is 13.0 Å². The first-order valence-corrected chi connectivity index (χ1v) is 13.4. The van der Waals surface area contributed by atoms with Crippen LogP contribution in [0.2, 0.25) is 0 Å². The van der Waals surface area contributed by atoms with E-state index in [2.05, 4.69) is 25.9 Å². The molecule has 0 aromatic heterocycles. The summed E-state index contributed by atoms with van der Waals surface area (Å²) in [5, 5.41) is 3.28. The Kier molecular flexibility index (Phi) is 18.8. The molecule has 0 atom stereocenters. The first-order valence-electron chi connectivity index (χ1n) is 4.97. The van der Waals surface area contributed by atoms with Crippen molar-refractivity contribution in [2.45, 2.75) is 31.7 Å². The van der Waals surface area contributed by atoms with E-state index in [0.29, 0.717) is 0 Å². The predicted molar refractivity (Wildman–Crippen MR) is 64.3 cm³/mol. The molecule has 2 N–H and O–H groups in total. The number of halogens is 4. The summed E-state index contributed by atoms with van der Waals surface area (Å²) in [7, 11) is -5.84. The molecule has 0 aliphatic carbocycles. The van der Waals surface area contributed by atoms with Gasteiger partial charge in [-0.15, -0.1) is 0 Å². The Morgan fingerprint density at radius 1 is 1.17 bits per heavy atom. The van der Waals surface area contributed by atoms with Gasteiger partial charge in [0.25, 0.3) is 0 Å². The Labute approximate surface area is 123 Å². The van der Waals surface area contributed by atoms with E-state index in [1.165, 1.54) is 48.7 Å². The van der Waals surface area contributed by atoms with Crippen molar-refractivity contribution in [1.29, 1.82) is 0 Å². The molecule has 108 valence electrons. The summed E-state index contributed by atoms with van der Waals surface area (Å²) in [5.41, 5.74) is -5.53. The van der Waals surface area contributed by atoms with Crippen LogP contribution in [0.25, 0.3) is 0 Å². The minimum atomic E-state index is -5.84. The Hall–Kier alpha value is 0.763. The van der Waals surface area contributed by atoms with Gasteiger partial charge in [0.15, 0.2) is 0 Å². The maximum atomic E-state index is 10.7. The van der Waals surface area contributed by atoms with Crippen LogP contribution in [0.3, 0.4) is 0 Å². The first kappa shape index (κ1) is 23.8. The third-order valence-corrected chi connectivity index (χ3v) is 2.08. The van der Waals surface area contributed by atoms with Crippen molar-refractivity contribution in [3.8, 4) is 0 Å². The van der Waals surface area contributed by atoms with Gasteiger partial charge in [-0.3, -0.25) is 4.55 Å². The molecule has 0 aromatic carbocycles. The zero-order valence-corrected chi connectivity index (χ0v) is 15.5. The van der Waals surface area contributed by atoms with Crippen LogP contribution in [-0.4, -0.2) is 31.6 Å². The second-order valence-corrected chi connectivity index (χ2v) is 4.14. The van der Waals surface area contributed by atoms with Gasteiger partial charge in [-0.05, 0) is 25.9 Å². The zero-order chi connectivity index (χ0) is 15.2. The van der Waals surface area contributed by atoms with Crippen molar-refractivity contribution >= 4 is 23.7 Å². The molecule has 0 bridgehead atoms. The van der Waals surface area contributed by atoms with Gasteiger partial charge in [0.05, 0.1) is 0 Å². The predicted octanol–water partition coefficient (Wildman–Crippen LogP) is 2.84. The second kappa shape index (κ2) is 14.2. The molecule has 0 saturated carbocycles. The molecule has 4 nitrogen and oxygen atoms in total. The van der Waals surface area contributed by atoms with Gasteiger partial charge in [-0.1, -0.05) is 6.42 Å². The summed E-state index contributed by atoms with van der Waals surface area (Å²) in [6.07, 6.45) is 4.22. The summed E-state index contributed by atoms with van der Waals surface area (Å²) < 4.78 is 57.5. The monoisotopic (exact) mass is 407 g/mol. The molecular formula is C8H17BrF3NO3SZn. The van der Waals surface area contributed by atoms with Crippen molar-refractivity contribution in [2.75, 3.05) is 13.1 Å². The Balaban J connectivity index is -0.000000199. The molecule has 0 spiro atoms. The zero-order valence-electron chi connectivity index (χ0n) is 10.1. The maximum absolute atomic E-state index is 10.7. The molecule has 1 aliphatic rings. The number of hydrogen-bond acceptors (Lipinski definition) is 3. The molecule has 1 fully saturated rings. The molecule has 1 saturated heterocycles. The van der Waals surface area contributed by atoms with Crippen LogP contribution in [-0.2, 0) is 26.5 Å². The molecule has 18 heavy (non-hydrogen) atoms. The van der Waals surface area contributed by atoms with Gasteiger partial charge in [-0.25, -0.2) is 0 Å². The first-order chi connectivity index (χ1) is 8.25. The summed E-state index contributed by atoms with van der Waals surface area (Å²) in [6.45, 7) is 7.50. The normalized spacial score (nSPS) is 14.9. The van der Waals surface area contributed by atoms with E-state index >= 15 is 0 Å². The van der Waals surface area contributed by atoms with Gasteiger partial charge in [0, 0.05) is 0 Å². The van der Waals surface area contributed by atoms with Crippen molar-refractivity contribution < 1.29 is 42.5 Å². The SMILES string of the molecule is C1CCNCC1.O=S(=O)(O)C(F)(F)F.[CH2-]C.[Zn+][Br]. The van der Waals surface area contributed by atoms with Crippen LogP contribution in [0.5, 0.6) is 0 Å². The fourth-order valence-corrected chi connectivity index (χ4v) is 0.802. The van der Waals surface area contributed by atoms with Crippen molar-refractivity contribution in [3.63, 3.8) is 0 Å². The molecule has 1 aliphatic heterocycles. The second-order valence-electron chi connectivity index (χ2n) is 2.73. The third-order valence-electron chi connectivity index (χ3n) is 1.50. The average molecular weight is 410 g/mol. The quantitative estimate of drug-likeness (QED) is 0.279. The van der Waals surface area contributed by atoms with Crippen LogP contribution >= 0.6 is 13.6 Å². The Morgan fingerprint density at radius 3 is 1.50 bits per heavy atom. The van der Waals surface area contributed by atoms with E-state index in [0.717, 1.165) is 0 Å². The molecular weight excluding hydrogens is 392 g/mol. The number of nitrogens with one attached hydrogen (secondary N) is 1. The number of piperidine rings is 1. The molecule has 0 amide bonds. The van der Waals surface area contributed by atoms with Crippen LogP contribution in [0.1, 0.15) is 26.2 Å². The molecule has 1 heterocycles. The van der Waals surface area contributed by atoms with Gasteiger partial charge in [0.1, 0.15) is 0 Å². The van der Waals surface area contributed by atoms with Gasteiger partial charge >= 0.3 is 45.6 Å². The van der Waals surface area contributed by atoms with Gasteiger partial charge < -0.3 is 12.2 Å². The summed E-state index contributed by atoms with van der Waals surface area (Å²) in [4.78, 5) is 0. The van der Waals surface area contributed by atoms with Crippen LogP contribution in [0.4, 0.5) is 13.2 Å². The molecule has 10 heteroatoms. The van der Waals surface area contributed by atoms with Gasteiger partial charge in [0.2, 0.25) is 0 Å². The van der Waals surface area contributed by atoms with Crippen molar-refractivity contribution in [2.24, 2.45) is 0 Å². The Bertz CT molecular complexity index is 247. The van der Waals surface area contributed by atoms with Crippen molar-refractivity contribution in [1.82, 2.24) is 5.32 Å². The fraction of sp³-hybridized carbons (Fsp3) is 0.875. The Morgan fingerprint density at radius 2 is 1.44 bits per heavy atom. The van der Waals surface area contributed by atoms with Crippen LogP contribution in [0.15, 0.2) is 0 Å². The third kappa shape index (κ3) is 16.8. The number of rotatable bonds is 0. The number of alkyl halides is 3. The average Bonchev–Trinajstić information content (AvgIpc) is 2.35. The van der Waals surface area contributed by atoms with E-state index < -0.39 is 15.6 Å². The summed E-state index contributed by atoms with van der Waals surface area (Å²) in [5.74, 6) is 0. The molecule has 0 unspecified atom stereocenters. The van der Waals surface area contributed by atoms with Crippen LogP contribution in [0, 0.1) is 6.92 Å². The molecule has 0 radical (unpaired) electrons. The van der Waals surface area contributed by atoms with E-state index in [1.807, 2.05) is 0 Å². The summed E-state index contributed by atoms with van der Waals surface area (Å²) >= 11 is 4.25.